The standard InChI is InChI=1S/C15H30N2O/c1-4-17-9-7-14(8-10-17)12(2)16-13(3)15-6-5-11-18-15/h12-16H,4-11H2,1-3H3. The monoisotopic (exact) mass is 254 g/mol. The maximum Gasteiger partial charge on any atom is 0.0726 e. The summed E-state index contributed by atoms with van der Waals surface area (Å²) in [6.45, 7) is 11.6. The summed E-state index contributed by atoms with van der Waals surface area (Å²) in [5.41, 5.74) is 0. The predicted molar refractivity (Wildman–Crippen MR) is 75.9 cm³/mol. The van der Waals surface area contributed by atoms with E-state index in [1.807, 2.05) is 0 Å². The second kappa shape index (κ2) is 6.88. The van der Waals surface area contributed by atoms with Crippen LogP contribution < -0.4 is 5.32 Å². The van der Waals surface area contributed by atoms with Gasteiger partial charge in [0.25, 0.3) is 0 Å². The second-order valence-corrected chi connectivity index (χ2v) is 6.07. The van der Waals surface area contributed by atoms with Crippen LogP contribution in [0.25, 0.3) is 0 Å². The molecular weight excluding hydrogens is 224 g/mol. The van der Waals surface area contributed by atoms with Gasteiger partial charge >= 0.3 is 0 Å². The third-order valence-corrected chi connectivity index (χ3v) is 4.83. The molecule has 0 amide bonds. The van der Waals surface area contributed by atoms with Gasteiger partial charge in [-0.25, -0.2) is 0 Å². The van der Waals surface area contributed by atoms with Crippen molar-refractivity contribution in [1.82, 2.24) is 10.2 Å². The molecule has 3 heteroatoms. The average molecular weight is 254 g/mol. The average Bonchev–Trinajstić information content (AvgIpc) is 2.92. The first-order chi connectivity index (χ1) is 8.70. The van der Waals surface area contributed by atoms with Crippen LogP contribution in [-0.4, -0.2) is 49.3 Å². The number of hydrogen-bond donors (Lipinski definition) is 1. The lowest BCUT2D eigenvalue weighted by Gasteiger charge is -2.36. The molecule has 2 saturated heterocycles. The molecule has 3 nitrogen and oxygen atoms in total. The lowest BCUT2D eigenvalue weighted by molar-refractivity contribution is 0.0731. The number of piperidine rings is 1. The number of nitrogens with one attached hydrogen (secondary N) is 1. The van der Waals surface area contributed by atoms with Crippen LogP contribution in [0, 0.1) is 5.92 Å². The van der Waals surface area contributed by atoms with Crippen molar-refractivity contribution in [3.8, 4) is 0 Å². The molecule has 3 unspecified atom stereocenters. The Hall–Kier alpha value is -0.120. The molecule has 1 N–H and O–H groups in total. The summed E-state index contributed by atoms with van der Waals surface area (Å²) in [5.74, 6) is 0.844. The normalized spacial score (nSPS) is 30.5. The molecule has 2 rings (SSSR count). The molecule has 2 fully saturated rings. The molecule has 0 radical (unpaired) electrons. The zero-order valence-electron chi connectivity index (χ0n) is 12.3. The largest absolute Gasteiger partial charge is 0.377 e. The molecule has 0 aromatic carbocycles. The molecule has 3 atom stereocenters. The third kappa shape index (κ3) is 3.69. The summed E-state index contributed by atoms with van der Waals surface area (Å²) in [7, 11) is 0. The highest BCUT2D eigenvalue weighted by molar-refractivity contribution is 4.84. The first-order valence-electron chi connectivity index (χ1n) is 7.80. The van der Waals surface area contributed by atoms with Gasteiger partial charge in [-0.1, -0.05) is 6.92 Å². The van der Waals surface area contributed by atoms with Crippen molar-refractivity contribution in [2.75, 3.05) is 26.2 Å². The SMILES string of the molecule is CCN1CCC(C(C)NC(C)C2CCCO2)CC1. The van der Waals surface area contributed by atoms with Gasteiger partial charge in [0.05, 0.1) is 6.10 Å². The van der Waals surface area contributed by atoms with Gasteiger partial charge in [0.2, 0.25) is 0 Å². The van der Waals surface area contributed by atoms with Gasteiger partial charge in [0, 0.05) is 18.7 Å². The first kappa shape index (κ1) is 14.3. The molecular formula is C15H30N2O. The zero-order chi connectivity index (χ0) is 13.0. The van der Waals surface area contributed by atoms with E-state index in [-0.39, 0.29) is 0 Å². The van der Waals surface area contributed by atoms with Crippen molar-refractivity contribution in [1.29, 1.82) is 0 Å². The highest BCUT2D eigenvalue weighted by Gasteiger charge is 2.27. The van der Waals surface area contributed by atoms with Gasteiger partial charge in [0.1, 0.15) is 0 Å². The van der Waals surface area contributed by atoms with Crippen LogP contribution in [0.3, 0.4) is 0 Å². The van der Waals surface area contributed by atoms with E-state index in [4.69, 9.17) is 4.74 Å². The number of nitrogens with zero attached hydrogens (tertiary/aromatic N) is 1. The van der Waals surface area contributed by atoms with Crippen LogP contribution in [0.4, 0.5) is 0 Å². The minimum atomic E-state index is 0.447. The van der Waals surface area contributed by atoms with Gasteiger partial charge in [-0.15, -0.1) is 0 Å². The van der Waals surface area contributed by atoms with E-state index in [1.54, 1.807) is 0 Å². The molecule has 2 aliphatic rings. The predicted octanol–water partition coefficient (Wildman–Crippen LogP) is 2.26. The smallest absolute Gasteiger partial charge is 0.0726 e. The van der Waals surface area contributed by atoms with E-state index in [1.165, 1.54) is 45.3 Å². The summed E-state index contributed by atoms with van der Waals surface area (Å²) < 4.78 is 5.77. The fourth-order valence-electron chi connectivity index (χ4n) is 3.42. The fourth-order valence-corrected chi connectivity index (χ4v) is 3.42. The van der Waals surface area contributed by atoms with Crippen LogP contribution in [0.15, 0.2) is 0 Å². The van der Waals surface area contributed by atoms with E-state index in [9.17, 15) is 0 Å². The molecule has 0 bridgehead atoms. The van der Waals surface area contributed by atoms with Crippen LogP contribution in [0.2, 0.25) is 0 Å². The Balaban J connectivity index is 1.72. The van der Waals surface area contributed by atoms with Gasteiger partial charge in [-0.3, -0.25) is 0 Å². The second-order valence-electron chi connectivity index (χ2n) is 6.07. The first-order valence-corrected chi connectivity index (χ1v) is 7.80. The summed E-state index contributed by atoms with van der Waals surface area (Å²) in [4.78, 5) is 2.56. The zero-order valence-corrected chi connectivity index (χ0v) is 12.3. The van der Waals surface area contributed by atoms with Crippen molar-refractivity contribution in [2.24, 2.45) is 5.92 Å². The van der Waals surface area contributed by atoms with Crippen molar-refractivity contribution >= 4 is 0 Å². The third-order valence-electron chi connectivity index (χ3n) is 4.83. The van der Waals surface area contributed by atoms with Crippen LogP contribution in [-0.2, 0) is 4.74 Å². The molecule has 0 aromatic heterocycles. The molecule has 106 valence electrons. The summed E-state index contributed by atoms with van der Waals surface area (Å²) in [6, 6.07) is 1.13. The molecule has 18 heavy (non-hydrogen) atoms. The minimum absolute atomic E-state index is 0.447. The van der Waals surface area contributed by atoms with Gasteiger partial charge in [-0.2, -0.15) is 0 Å². The Bertz CT molecular complexity index is 233. The number of hydrogen-bond acceptors (Lipinski definition) is 3. The summed E-state index contributed by atoms with van der Waals surface area (Å²) in [6.07, 6.45) is 5.61. The quantitative estimate of drug-likeness (QED) is 0.814. The summed E-state index contributed by atoms with van der Waals surface area (Å²) >= 11 is 0. The fraction of sp³-hybridized carbons (Fsp3) is 1.00. The number of rotatable bonds is 5. The summed E-state index contributed by atoms with van der Waals surface area (Å²) in [5, 5.41) is 3.78. The Kier molecular flexibility index (Phi) is 5.46. The highest BCUT2D eigenvalue weighted by atomic mass is 16.5. The van der Waals surface area contributed by atoms with E-state index in [0.29, 0.717) is 18.2 Å². The van der Waals surface area contributed by atoms with Crippen molar-refractivity contribution < 1.29 is 4.74 Å². The lowest BCUT2D eigenvalue weighted by Crippen LogP contribution is -2.48. The molecule has 2 aliphatic heterocycles. The minimum Gasteiger partial charge on any atom is -0.377 e. The molecule has 0 spiro atoms. The topological polar surface area (TPSA) is 24.5 Å². The Labute approximate surface area is 112 Å². The molecule has 0 saturated carbocycles. The Morgan fingerprint density at radius 2 is 1.89 bits per heavy atom. The van der Waals surface area contributed by atoms with Gasteiger partial charge in [0.15, 0.2) is 0 Å². The van der Waals surface area contributed by atoms with Gasteiger partial charge in [-0.05, 0) is 65.1 Å². The lowest BCUT2D eigenvalue weighted by atomic mass is 9.89. The highest BCUT2D eigenvalue weighted by Crippen LogP contribution is 2.22. The molecule has 2 heterocycles. The van der Waals surface area contributed by atoms with E-state index in [0.717, 1.165) is 12.5 Å². The maximum absolute atomic E-state index is 5.77. The van der Waals surface area contributed by atoms with Gasteiger partial charge < -0.3 is 15.0 Å². The van der Waals surface area contributed by atoms with E-state index in [2.05, 4.69) is 31.0 Å². The van der Waals surface area contributed by atoms with E-state index >= 15 is 0 Å². The molecule has 0 aromatic rings. The van der Waals surface area contributed by atoms with Crippen LogP contribution in [0.5, 0.6) is 0 Å². The van der Waals surface area contributed by atoms with E-state index < -0.39 is 0 Å². The molecule has 0 aliphatic carbocycles. The Morgan fingerprint density at radius 1 is 1.17 bits per heavy atom. The van der Waals surface area contributed by atoms with Crippen molar-refractivity contribution in [2.45, 2.75) is 64.6 Å². The maximum atomic E-state index is 5.77. The number of likely N-dealkylation sites (tertiary alicyclic amines) is 1. The van der Waals surface area contributed by atoms with Crippen LogP contribution >= 0.6 is 0 Å². The van der Waals surface area contributed by atoms with Crippen molar-refractivity contribution in [3.05, 3.63) is 0 Å². The number of ether oxygens (including phenoxy) is 1. The Morgan fingerprint density at radius 3 is 2.44 bits per heavy atom. The van der Waals surface area contributed by atoms with Crippen molar-refractivity contribution in [3.63, 3.8) is 0 Å². The van der Waals surface area contributed by atoms with Crippen LogP contribution in [0.1, 0.15) is 46.5 Å².